The van der Waals surface area contributed by atoms with Crippen molar-refractivity contribution in [2.45, 2.75) is 38.9 Å². The maximum absolute atomic E-state index is 12.1. The standard InChI is InChI=1S/C16H22OS2/c1-4-5-15(11-18)19-16(17)13(3)10-14-8-6-12(2)7-9-14/h6-10,15,18H,4-5,11H2,1-3H3/b13-10+. The summed E-state index contributed by atoms with van der Waals surface area (Å²) in [6.07, 6.45) is 4.08. The second kappa shape index (κ2) is 8.49. The van der Waals surface area contributed by atoms with Crippen LogP contribution in [0.25, 0.3) is 6.08 Å². The zero-order valence-corrected chi connectivity index (χ0v) is 13.6. The van der Waals surface area contributed by atoms with Gasteiger partial charge in [-0.2, -0.15) is 12.6 Å². The fourth-order valence-corrected chi connectivity index (χ4v) is 3.11. The summed E-state index contributed by atoms with van der Waals surface area (Å²) in [6.45, 7) is 6.08. The highest BCUT2D eigenvalue weighted by atomic mass is 32.2. The normalized spacial score (nSPS) is 13.4. The maximum atomic E-state index is 12.1. The van der Waals surface area contributed by atoms with E-state index in [1.165, 1.54) is 17.3 Å². The summed E-state index contributed by atoms with van der Waals surface area (Å²) in [7, 11) is 0. The first-order valence-corrected chi connectivity index (χ1v) is 8.14. The molecule has 0 aromatic heterocycles. The minimum atomic E-state index is 0.160. The van der Waals surface area contributed by atoms with Crippen molar-refractivity contribution in [1.29, 1.82) is 0 Å². The van der Waals surface area contributed by atoms with Gasteiger partial charge in [-0.1, -0.05) is 54.9 Å². The molecule has 0 bridgehead atoms. The summed E-state index contributed by atoms with van der Waals surface area (Å²) in [5.74, 6) is 0.752. The highest BCUT2D eigenvalue weighted by Crippen LogP contribution is 2.23. The molecule has 0 aliphatic heterocycles. The fourth-order valence-electron chi connectivity index (χ4n) is 1.73. The molecule has 3 heteroatoms. The van der Waals surface area contributed by atoms with Crippen LogP contribution in [0.3, 0.4) is 0 Å². The topological polar surface area (TPSA) is 17.1 Å². The van der Waals surface area contributed by atoms with Crippen LogP contribution in [0, 0.1) is 6.92 Å². The molecule has 0 aliphatic carbocycles. The van der Waals surface area contributed by atoms with Crippen molar-refractivity contribution in [2.24, 2.45) is 0 Å². The molecule has 1 nitrogen and oxygen atoms in total. The van der Waals surface area contributed by atoms with Crippen molar-refractivity contribution < 1.29 is 4.79 Å². The van der Waals surface area contributed by atoms with Gasteiger partial charge >= 0.3 is 0 Å². The van der Waals surface area contributed by atoms with Crippen LogP contribution in [0.1, 0.15) is 37.8 Å². The van der Waals surface area contributed by atoms with Gasteiger partial charge in [-0.25, -0.2) is 0 Å². The molecule has 0 saturated carbocycles. The predicted octanol–water partition coefficient (Wildman–Crippen LogP) is 4.76. The molecular weight excluding hydrogens is 272 g/mol. The lowest BCUT2D eigenvalue weighted by Gasteiger charge is -2.11. The third-order valence-corrected chi connectivity index (χ3v) is 4.83. The first-order valence-electron chi connectivity index (χ1n) is 6.63. The van der Waals surface area contributed by atoms with E-state index in [2.05, 4.69) is 38.6 Å². The smallest absolute Gasteiger partial charge is 0.215 e. The molecule has 0 spiro atoms. The summed E-state index contributed by atoms with van der Waals surface area (Å²) in [5, 5.41) is 0.482. The summed E-state index contributed by atoms with van der Waals surface area (Å²) >= 11 is 5.73. The van der Waals surface area contributed by atoms with Crippen molar-refractivity contribution in [2.75, 3.05) is 5.75 Å². The molecule has 104 valence electrons. The highest BCUT2D eigenvalue weighted by molar-refractivity contribution is 8.15. The molecule has 0 radical (unpaired) electrons. The molecule has 0 fully saturated rings. The molecule has 1 aromatic rings. The number of rotatable bonds is 6. The van der Waals surface area contributed by atoms with Crippen molar-refractivity contribution in [3.05, 3.63) is 41.0 Å². The van der Waals surface area contributed by atoms with Gasteiger partial charge in [0.05, 0.1) is 0 Å². The van der Waals surface area contributed by atoms with E-state index in [9.17, 15) is 4.79 Å². The van der Waals surface area contributed by atoms with E-state index in [-0.39, 0.29) is 5.12 Å². The van der Waals surface area contributed by atoms with E-state index < -0.39 is 0 Å². The monoisotopic (exact) mass is 294 g/mol. The van der Waals surface area contributed by atoms with E-state index in [0.717, 1.165) is 29.7 Å². The minimum Gasteiger partial charge on any atom is -0.282 e. The first-order chi connectivity index (χ1) is 9.06. The van der Waals surface area contributed by atoms with Crippen LogP contribution in [0.15, 0.2) is 29.8 Å². The summed E-state index contributed by atoms with van der Waals surface area (Å²) in [5.41, 5.74) is 3.11. The largest absolute Gasteiger partial charge is 0.282 e. The molecule has 1 aromatic carbocycles. The van der Waals surface area contributed by atoms with Gasteiger partial charge in [-0.3, -0.25) is 4.79 Å². The number of carbonyl (C=O) groups is 1. The Bertz CT molecular complexity index is 435. The van der Waals surface area contributed by atoms with Gasteiger partial charge in [0.25, 0.3) is 0 Å². The maximum Gasteiger partial charge on any atom is 0.215 e. The molecule has 0 saturated heterocycles. The van der Waals surface area contributed by atoms with Gasteiger partial charge in [0.1, 0.15) is 0 Å². The Hall–Kier alpha value is -0.670. The molecule has 0 aliphatic rings. The molecule has 1 rings (SSSR count). The Morgan fingerprint density at radius 2 is 2.00 bits per heavy atom. The zero-order valence-electron chi connectivity index (χ0n) is 11.8. The number of hydrogen-bond acceptors (Lipinski definition) is 3. The second-order valence-electron chi connectivity index (χ2n) is 4.74. The van der Waals surface area contributed by atoms with Crippen LogP contribution in [0.5, 0.6) is 0 Å². The van der Waals surface area contributed by atoms with Gasteiger partial charge in [0, 0.05) is 16.6 Å². The average molecular weight is 294 g/mol. The summed E-state index contributed by atoms with van der Waals surface area (Å²) in [4.78, 5) is 12.1. The number of aryl methyl sites for hydroxylation is 1. The molecular formula is C16H22OS2. The SMILES string of the molecule is CCCC(CS)SC(=O)/C(C)=C/c1ccc(C)cc1. The van der Waals surface area contributed by atoms with E-state index in [1.54, 1.807) is 0 Å². The van der Waals surface area contributed by atoms with Crippen LogP contribution < -0.4 is 0 Å². The van der Waals surface area contributed by atoms with Crippen molar-refractivity contribution in [1.82, 2.24) is 0 Å². The van der Waals surface area contributed by atoms with E-state index in [0.29, 0.717) is 5.25 Å². The minimum absolute atomic E-state index is 0.160. The van der Waals surface area contributed by atoms with Crippen LogP contribution in [0.4, 0.5) is 0 Å². The van der Waals surface area contributed by atoms with Crippen LogP contribution in [-0.4, -0.2) is 16.1 Å². The van der Waals surface area contributed by atoms with Gasteiger partial charge in [-0.15, -0.1) is 0 Å². The van der Waals surface area contributed by atoms with Gasteiger partial charge in [-0.05, 0) is 31.9 Å². The molecule has 1 unspecified atom stereocenters. The predicted molar refractivity (Wildman–Crippen MR) is 90.0 cm³/mol. The Labute approximate surface area is 126 Å². The lowest BCUT2D eigenvalue weighted by molar-refractivity contribution is -0.107. The fraction of sp³-hybridized carbons (Fsp3) is 0.438. The first kappa shape index (κ1) is 16.4. The number of thioether (sulfide) groups is 1. The quantitative estimate of drug-likeness (QED) is 0.602. The van der Waals surface area contributed by atoms with Crippen molar-refractivity contribution >= 4 is 35.6 Å². The van der Waals surface area contributed by atoms with E-state index in [1.807, 2.05) is 25.1 Å². The van der Waals surface area contributed by atoms with Crippen molar-refractivity contribution in [3.8, 4) is 0 Å². The summed E-state index contributed by atoms with van der Waals surface area (Å²) < 4.78 is 0. The van der Waals surface area contributed by atoms with E-state index in [4.69, 9.17) is 0 Å². The molecule has 19 heavy (non-hydrogen) atoms. The number of thiol groups is 1. The van der Waals surface area contributed by atoms with Crippen LogP contribution >= 0.6 is 24.4 Å². The van der Waals surface area contributed by atoms with Gasteiger partial charge in [0.15, 0.2) is 0 Å². The Morgan fingerprint density at radius 1 is 1.37 bits per heavy atom. The lowest BCUT2D eigenvalue weighted by atomic mass is 10.1. The average Bonchev–Trinajstić information content (AvgIpc) is 2.40. The number of carbonyl (C=O) groups excluding carboxylic acids is 1. The van der Waals surface area contributed by atoms with Crippen LogP contribution in [0.2, 0.25) is 0 Å². The molecule has 0 heterocycles. The van der Waals surface area contributed by atoms with Gasteiger partial charge < -0.3 is 0 Å². The van der Waals surface area contributed by atoms with Crippen LogP contribution in [-0.2, 0) is 4.79 Å². The molecule has 0 amide bonds. The van der Waals surface area contributed by atoms with Crippen molar-refractivity contribution in [3.63, 3.8) is 0 Å². The summed E-state index contributed by atoms with van der Waals surface area (Å²) in [6, 6.07) is 8.20. The third kappa shape index (κ3) is 5.87. The molecule has 1 atom stereocenters. The zero-order chi connectivity index (χ0) is 14.3. The highest BCUT2D eigenvalue weighted by Gasteiger charge is 2.13. The third-order valence-electron chi connectivity index (χ3n) is 2.87. The Morgan fingerprint density at radius 3 is 2.53 bits per heavy atom. The second-order valence-corrected chi connectivity index (χ2v) is 6.37. The Kier molecular flexibility index (Phi) is 7.32. The van der Waals surface area contributed by atoms with Gasteiger partial charge in [0.2, 0.25) is 5.12 Å². The number of benzene rings is 1. The Balaban J connectivity index is 2.67. The molecule has 0 N–H and O–H groups in total. The lowest BCUT2D eigenvalue weighted by Crippen LogP contribution is -2.09. The number of hydrogen-bond donors (Lipinski definition) is 1. The van der Waals surface area contributed by atoms with E-state index >= 15 is 0 Å².